The minimum absolute atomic E-state index is 0.256. The first-order valence-corrected chi connectivity index (χ1v) is 12.3. The van der Waals surface area contributed by atoms with Crippen molar-refractivity contribution in [3.05, 3.63) is 64.3 Å². The third-order valence-corrected chi connectivity index (χ3v) is 7.65. The van der Waals surface area contributed by atoms with Gasteiger partial charge in [-0.1, -0.05) is 30.3 Å². The molecule has 4 heterocycles. The molecule has 1 aromatic carbocycles. The molecule has 174 valence electrons. The molecule has 9 nitrogen and oxygen atoms in total. The highest BCUT2D eigenvalue weighted by molar-refractivity contribution is 7.21. The molecule has 1 atom stereocenters. The maximum Gasteiger partial charge on any atom is 0.306 e. The van der Waals surface area contributed by atoms with Gasteiger partial charge in [0, 0.05) is 11.1 Å². The van der Waals surface area contributed by atoms with Crippen LogP contribution in [0.15, 0.2) is 47.1 Å². The molecule has 1 unspecified atom stereocenters. The number of fused-ring (bicyclic) bond motifs is 2. The van der Waals surface area contributed by atoms with E-state index >= 15 is 0 Å². The summed E-state index contributed by atoms with van der Waals surface area (Å²) in [5.41, 5.74) is 10.6. The third-order valence-electron chi connectivity index (χ3n) is 6.53. The summed E-state index contributed by atoms with van der Waals surface area (Å²) in [6.07, 6.45) is 4.56. The Labute approximate surface area is 200 Å². The van der Waals surface area contributed by atoms with Gasteiger partial charge in [0.25, 0.3) is 12.1 Å². The van der Waals surface area contributed by atoms with E-state index in [1.165, 1.54) is 22.5 Å². The van der Waals surface area contributed by atoms with Crippen molar-refractivity contribution in [3.63, 3.8) is 0 Å². The number of pyridine rings is 1. The van der Waals surface area contributed by atoms with E-state index in [-0.39, 0.29) is 11.8 Å². The molecule has 3 N–H and O–H groups in total. The smallest absolute Gasteiger partial charge is 0.306 e. The molecule has 1 aliphatic carbocycles. The number of hydrogen-bond acceptors (Lipinski definition) is 8. The second-order valence-corrected chi connectivity index (χ2v) is 9.65. The summed E-state index contributed by atoms with van der Waals surface area (Å²) < 4.78 is 10.7. The number of hydrogen-bond donors (Lipinski definition) is 2. The zero-order chi connectivity index (χ0) is 23.1. The van der Waals surface area contributed by atoms with Crippen molar-refractivity contribution in [2.45, 2.75) is 25.2 Å². The van der Waals surface area contributed by atoms with Crippen LogP contribution in [0.5, 0.6) is 0 Å². The SMILES string of the molecule is Nc1c(C(=O)Nc2c[n+](N3CCOCC3)no2)sc2nc3c(cc12)CC(c1ccccc1)CC3. The van der Waals surface area contributed by atoms with E-state index in [2.05, 4.69) is 40.9 Å². The lowest BCUT2D eigenvalue weighted by Gasteiger charge is -2.24. The largest absolute Gasteiger partial charge is 0.397 e. The summed E-state index contributed by atoms with van der Waals surface area (Å²) in [6.45, 7) is 2.66. The number of aryl methyl sites for hydroxylation is 1. The molecule has 0 bridgehead atoms. The van der Waals surface area contributed by atoms with E-state index in [0.717, 1.165) is 35.2 Å². The third kappa shape index (κ3) is 3.88. The second kappa shape index (κ2) is 8.69. The van der Waals surface area contributed by atoms with Gasteiger partial charge >= 0.3 is 5.88 Å². The maximum atomic E-state index is 13.0. The van der Waals surface area contributed by atoms with Gasteiger partial charge in [0.2, 0.25) is 5.27 Å². The van der Waals surface area contributed by atoms with Crippen LogP contribution >= 0.6 is 11.3 Å². The van der Waals surface area contributed by atoms with Crippen molar-refractivity contribution in [3.8, 4) is 0 Å². The number of ether oxygens (including phenoxy) is 1. The summed E-state index contributed by atoms with van der Waals surface area (Å²) in [7, 11) is 0. The molecule has 2 aliphatic rings. The Morgan fingerprint density at radius 1 is 1.24 bits per heavy atom. The first kappa shape index (κ1) is 21.1. The van der Waals surface area contributed by atoms with Crippen LogP contribution in [-0.2, 0) is 17.6 Å². The molecule has 1 amide bonds. The minimum atomic E-state index is -0.328. The second-order valence-electron chi connectivity index (χ2n) is 8.65. The number of anilines is 2. The van der Waals surface area contributed by atoms with Crippen molar-refractivity contribution in [2.24, 2.45) is 0 Å². The van der Waals surface area contributed by atoms with E-state index in [1.807, 2.05) is 11.1 Å². The number of nitrogens with zero attached hydrogens (tertiary/aromatic N) is 4. The van der Waals surface area contributed by atoms with E-state index in [4.69, 9.17) is 20.0 Å². The molecule has 1 saturated heterocycles. The molecular formula is C24H25N6O3S+. The lowest BCUT2D eigenvalue weighted by Crippen LogP contribution is -2.62. The molecule has 4 aromatic rings. The molecular weight excluding hydrogens is 452 g/mol. The number of nitrogens with two attached hydrogens (primary N) is 1. The molecule has 34 heavy (non-hydrogen) atoms. The molecule has 0 radical (unpaired) electrons. The van der Waals surface area contributed by atoms with E-state index in [9.17, 15) is 4.79 Å². The zero-order valence-electron chi connectivity index (χ0n) is 18.6. The Balaban J connectivity index is 1.23. The van der Waals surface area contributed by atoms with Crippen molar-refractivity contribution < 1.29 is 18.8 Å². The highest BCUT2D eigenvalue weighted by Gasteiger charge is 2.27. The Morgan fingerprint density at radius 2 is 2.06 bits per heavy atom. The van der Waals surface area contributed by atoms with Gasteiger partial charge in [0.1, 0.15) is 9.71 Å². The van der Waals surface area contributed by atoms with E-state index in [0.29, 0.717) is 42.8 Å². The van der Waals surface area contributed by atoms with E-state index < -0.39 is 0 Å². The molecule has 0 saturated carbocycles. The molecule has 1 fully saturated rings. The van der Waals surface area contributed by atoms with Gasteiger partial charge in [-0.2, -0.15) is 0 Å². The first-order chi connectivity index (χ1) is 16.7. The number of benzene rings is 1. The van der Waals surface area contributed by atoms with Crippen molar-refractivity contribution in [1.29, 1.82) is 0 Å². The zero-order valence-corrected chi connectivity index (χ0v) is 19.4. The van der Waals surface area contributed by atoms with Crippen LogP contribution in [0, 0.1) is 0 Å². The molecule has 3 aromatic heterocycles. The summed E-state index contributed by atoms with van der Waals surface area (Å²) in [4.78, 5) is 20.7. The van der Waals surface area contributed by atoms with Gasteiger partial charge in [-0.05, 0) is 42.4 Å². The van der Waals surface area contributed by atoms with Gasteiger partial charge in [0.15, 0.2) is 0 Å². The molecule has 1 aliphatic heterocycles. The fraction of sp³-hybridized carbons (Fsp3) is 0.333. The number of carbonyl (C=O) groups excluding carboxylic acids is 1. The van der Waals surface area contributed by atoms with Gasteiger partial charge in [-0.15, -0.1) is 16.3 Å². The Kier molecular flexibility index (Phi) is 5.39. The van der Waals surface area contributed by atoms with Crippen molar-refractivity contribution in [2.75, 3.05) is 42.4 Å². The van der Waals surface area contributed by atoms with Gasteiger partial charge < -0.3 is 10.5 Å². The van der Waals surface area contributed by atoms with Gasteiger partial charge in [-0.25, -0.2) is 4.98 Å². The summed E-state index contributed by atoms with van der Waals surface area (Å²) >= 11 is 1.31. The Bertz CT molecular complexity index is 1350. The predicted octanol–water partition coefficient (Wildman–Crippen LogP) is 2.65. The number of morpholine rings is 1. The summed E-state index contributed by atoms with van der Waals surface area (Å²) in [6, 6.07) is 12.7. The van der Waals surface area contributed by atoms with Crippen molar-refractivity contribution >= 4 is 39.0 Å². The average molecular weight is 478 g/mol. The fourth-order valence-electron chi connectivity index (χ4n) is 4.72. The van der Waals surface area contributed by atoms with Crippen LogP contribution in [0.4, 0.5) is 11.6 Å². The van der Waals surface area contributed by atoms with Crippen LogP contribution in [0.1, 0.15) is 38.8 Å². The van der Waals surface area contributed by atoms with Crippen LogP contribution < -0.4 is 20.9 Å². The quantitative estimate of drug-likeness (QED) is 0.435. The number of aromatic nitrogens is 3. The van der Waals surface area contributed by atoms with Crippen LogP contribution in [-0.4, -0.2) is 42.5 Å². The highest BCUT2D eigenvalue weighted by Crippen LogP contribution is 2.38. The van der Waals surface area contributed by atoms with Gasteiger partial charge in [0.05, 0.1) is 36.8 Å². The number of amides is 1. The maximum absolute atomic E-state index is 13.0. The Hall–Kier alpha value is -3.50. The fourth-order valence-corrected chi connectivity index (χ4v) is 5.71. The topological polar surface area (TPSA) is 110 Å². The van der Waals surface area contributed by atoms with Crippen LogP contribution in [0.2, 0.25) is 0 Å². The lowest BCUT2D eigenvalue weighted by atomic mass is 9.82. The minimum Gasteiger partial charge on any atom is -0.397 e. The highest BCUT2D eigenvalue weighted by atomic mass is 32.1. The predicted molar refractivity (Wildman–Crippen MR) is 129 cm³/mol. The Morgan fingerprint density at radius 3 is 2.88 bits per heavy atom. The monoisotopic (exact) mass is 477 g/mol. The number of rotatable bonds is 4. The van der Waals surface area contributed by atoms with Crippen LogP contribution in [0.25, 0.3) is 10.2 Å². The lowest BCUT2D eigenvalue weighted by molar-refractivity contribution is -0.759. The number of nitrogens with one attached hydrogen (secondary N) is 1. The molecule has 0 spiro atoms. The first-order valence-electron chi connectivity index (χ1n) is 11.4. The number of nitrogen functional groups attached to an aromatic ring is 1. The average Bonchev–Trinajstić information content (AvgIpc) is 3.48. The van der Waals surface area contributed by atoms with Gasteiger partial charge in [-0.3, -0.25) is 14.6 Å². The number of thiophene rings is 1. The molecule has 10 heteroatoms. The van der Waals surface area contributed by atoms with Crippen molar-refractivity contribution in [1.82, 2.24) is 10.3 Å². The molecule has 6 rings (SSSR count). The number of carbonyl (C=O) groups is 1. The summed E-state index contributed by atoms with van der Waals surface area (Å²) in [5, 5.41) is 9.58. The van der Waals surface area contributed by atoms with Crippen LogP contribution in [0.3, 0.4) is 0 Å². The normalized spacial score (nSPS) is 18.1. The van der Waals surface area contributed by atoms with E-state index in [1.54, 1.807) is 11.0 Å². The summed E-state index contributed by atoms with van der Waals surface area (Å²) in [5.74, 6) is 0.400. The standard InChI is InChI=1S/C24H24N6O3S/c25-21-18-13-17-12-16(15-4-2-1-3-5-15)6-7-19(17)26-24(18)34-22(21)23(31)27-20-14-30(28-33-20)29-8-10-32-11-9-29/h1-5,13-14,16H,6-12H2,(H2-,25,27,28,31)/p+1.